The lowest BCUT2D eigenvalue weighted by Gasteiger charge is -2.19. The predicted molar refractivity (Wildman–Crippen MR) is 107 cm³/mol. The maximum atomic E-state index is 12.6. The molecule has 0 spiro atoms. The van der Waals surface area contributed by atoms with Gasteiger partial charge >= 0.3 is 0 Å². The highest BCUT2D eigenvalue weighted by molar-refractivity contribution is 7.09. The first-order valence-corrected chi connectivity index (χ1v) is 9.62. The van der Waals surface area contributed by atoms with Gasteiger partial charge in [-0.05, 0) is 44.0 Å². The van der Waals surface area contributed by atoms with Gasteiger partial charge in [-0.3, -0.25) is 9.69 Å². The lowest BCUT2D eigenvalue weighted by Crippen LogP contribution is -2.32. The second-order valence-electron chi connectivity index (χ2n) is 6.22. The molecular formula is C20H24N4OS. The summed E-state index contributed by atoms with van der Waals surface area (Å²) in [7, 11) is 0. The van der Waals surface area contributed by atoms with E-state index in [1.54, 1.807) is 11.3 Å². The predicted octanol–water partition coefficient (Wildman–Crippen LogP) is 4.01. The summed E-state index contributed by atoms with van der Waals surface area (Å²) in [5.41, 5.74) is 3.54. The first-order valence-electron chi connectivity index (χ1n) is 8.74. The molecule has 0 unspecified atom stereocenters. The molecule has 3 aromatic rings. The van der Waals surface area contributed by atoms with Gasteiger partial charge < -0.3 is 5.32 Å². The fourth-order valence-electron chi connectivity index (χ4n) is 2.93. The number of hydrogen-bond acceptors (Lipinski definition) is 4. The van der Waals surface area contributed by atoms with Crippen LogP contribution in [0.25, 0.3) is 5.69 Å². The Morgan fingerprint density at radius 3 is 2.62 bits per heavy atom. The third-order valence-corrected chi connectivity index (χ3v) is 5.19. The van der Waals surface area contributed by atoms with Crippen molar-refractivity contribution in [3.63, 3.8) is 0 Å². The van der Waals surface area contributed by atoms with Crippen molar-refractivity contribution in [1.29, 1.82) is 0 Å². The Kier molecular flexibility index (Phi) is 5.85. The monoisotopic (exact) mass is 368 g/mol. The largest absolute Gasteiger partial charge is 0.322 e. The Balaban J connectivity index is 1.70. The summed E-state index contributed by atoms with van der Waals surface area (Å²) in [5, 5.41) is 9.70. The van der Waals surface area contributed by atoms with Crippen molar-refractivity contribution in [2.24, 2.45) is 0 Å². The molecule has 0 aliphatic rings. The molecule has 1 amide bonds. The van der Waals surface area contributed by atoms with Crippen LogP contribution in [0.2, 0.25) is 0 Å². The van der Waals surface area contributed by atoms with E-state index >= 15 is 0 Å². The van der Waals surface area contributed by atoms with Gasteiger partial charge in [0.1, 0.15) is 0 Å². The molecule has 1 N–H and O–H groups in total. The Morgan fingerprint density at radius 2 is 1.96 bits per heavy atom. The first kappa shape index (κ1) is 18.4. The minimum atomic E-state index is -0.0118. The van der Waals surface area contributed by atoms with Gasteiger partial charge in [-0.25, -0.2) is 4.68 Å². The van der Waals surface area contributed by atoms with Crippen LogP contribution in [0.4, 0.5) is 5.69 Å². The molecule has 5 nitrogen and oxygen atoms in total. The quantitative estimate of drug-likeness (QED) is 0.685. The summed E-state index contributed by atoms with van der Waals surface area (Å²) in [6.07, 6.45) is 0. The van der Waals surface area contributed by atoms with E-state index in [-0.39, 0.29) is 5.91 Å². The summed E-state index contributed by atoms with van der Waals surface area (Å²) < 4.78 is 1.87. The maximum Gasteiger partial charge on any atom is 0.238 e. The number of aromatic nitrogens is 2. The highest BCUT2D eigenvalue weighted by Gasteiger charge is 2.17. The van der Waals surface area contributed by atoms with Gasteiger partial charge in [0.2, 0.25) is 5.91 Å². The number of rotatable bonds is 7. The molecule has 136 valence electrons. The molecule has 0 fully saturated rings. The number of likely N-dealkylation sites (N-methyl/N-ethyl adjacent to an activating group) is 1. The second-order valence-corrected chi connectivity index (χ2v) is 7.26. The average molecular weight is 369 g/mol. The Hall–Kier alpha value is -2.44. The van der Waals surface area contributed by atoms with Gasteiger partial charge in [0, 0.05) is 11.4 Å². The molecular weight excluding hydrogens is 344 g/mol. The Morgan fingerprint density at radius 1 is 1.19 bits per heavy atom. The van der Waals surface area contributed by atoms with E-state index in [0.717, 1.165) is 35.9 Å². The Bertz CT molecular complexity index is 856. The number of amides is 1. The fourth-order valence-corrected chi connectivity index (χ4v) is 3.67. The number of thiophene rings is 1. The van der Waals surface area contributed by atoms with Gasteiger partial charge in [-0.15, -0.1) is 11.3 Å². The van der Waals surface area contributed by atoms with Crippen molar-refractivity contribution in [3.8, 4) is 5.69 Å². The lowest BCUT2D eigenvalue weighted by molar-refractivity contribution is -0.117. The number of para-hydroxylation sites is 1. The number of carbonyl (C=O) groups is 1. The van der Waals surface area contributed by atoms with E-state index in [9.17, 15) is 4.79 Å². The molecule has 0 saturated heterocycles. The summed E-state index contributed by atoms with van der Waals surface area (Å²) in [6.45, 7) is 7.96. The molecule has 2 heterocycles. The van der Waals surface area contributed by atoms with Crippen LogP contribution in [-0.4, -0.2) is 33.7 Å². The van der Waals surface area contributed by atoms with Gasteiger partial charge in [-0.1, -0.05) is 31.2 Å². The van der Waals surface area contributed by atoms with E-state index in [0.29, 0.717) is 6.54 Å². The topological polar surface area (TPSA) is 50.2 Å². The molecule has 0 aliphatic heterocycles. The zero-order chi connectivity index (χ0) is 18.5. The number of nitrogens with one attached hydrogen (secondary N) is 1. The van der Waals surface area contributed by atoms with Crippen molar-refractivity contribution >= 4 is 22.9 Å². The van der Waals surface area contributed by atoms with Crippen molar-refractivity contribution in [3.05, 3.63) is 64.1 Å². The third-order valence-electron chi connectivity index (χ3n) is 4.33. The molecule has 0 aliphatic carbocycles. The van der Waals surface area contributed by atoms with Crippen LogP contribution in [0.1, 0.15) is 23.2 Å². The highest BCUT2D eigenvalue weighted by atomic mass is 32.1. The van der Waals surface area contributed by atoms with Gasteiger partial charge in [-0.2, -0.15) is 5.10 Å². The fraction of sp³-hybridized carbons (Fsp3) is 0.300. The van der Waals surface area contributed by atoms with E-state index < -0.39 is 0 Å². The molecule has 0 saturated carbocycles. The number of nitrogens with zero attached hydrogens (tertiary/aromatic N) is 3. The molecule has 3 rings (SSSR count). The normalized spacial score (nSPS) is 11.1. The molecule has 0 bridgehead atoms. The smallest absolute Gasteiger partial charge is 0.238 e. The Labute approximate surface area is 158 Å². The van der Waals surface area contributed by atoms with Crippen LogP contribution in [-0.2, 0) is 11.3 Å². The average Bonchev–Trinajstić information content (AvgIpc) is 3.25. The van der Waals surface area contributed by atoms with Crippen LogP contribution in [0.5, 0.6) is 0 Å². The SMILES string of the molecule is CCN(CC(=O)Nc1c(C)nn(-c2ccccc2)c1C)Cc1cccs1. The van der Waals surface area contributed by atoms with Crippen LogP contribution in [0, 0.1) is 13.8 Å². The van der Waals surface area contributed by atoms with Crippen molar-refractivity contribution in [2.45, 2.75) is 27.3 Å². The summed E-state index contributed by atoms with van der Waals surface area (Å²) in [6, 6.07) is 14.1. The minimum Gasteiger partial charge on any atom is -0.322 e. The van der Waals surface area contributed by atoms with Crippen molar-refractivity contribution < 1.29 is 4.79 Å². The van der Waals surface area contributed by atoms with Crippen LogP contribution in [0.3, 0.4) is 0 Å². The zero-order valence-electron chi connectivity index (χ0n) is 15.4. The third kappa shape index (κ3) is 4.20. The molecule has 0 atom stereocenters. The summed E-state index contributed by atoms with van der Waals surface area (Å²) in [4.78, 5) is 16.0. The molecule has 26 heavy (non-hydrogen) atoms. The number of hydrogen-bond donors (Lipinski definition) is 1. The molecule has 1 aromatic carbocycles. The van der Waals surface area contributed by atoms with Gasteiger partial charge in [0.15, 0.2) is 0 Å². The zero-order valence-corrected chi connectivity index (χ0v) is 16.2. The highest BCUT2D eigenvalue weighted by Crippen LogP contribution is 2.22. The lowest BCUT2D eigenvalue weighted by atomic mass is 10.3. The van der Waals surface area contributed by atoms with E-state index in [4.69, 9.17) is 0 Å². The van der Waals surface area contributed by atoms with Crippen LogP contribution < -0.4 is 5.32 Å². The molecule has 6 heteroatoms. The number of aryl methyl sites for hydroxylation is 1. The van der Waals surface area contributed by atoms with E-state index in [2.05, 4.69) is 33.7 Å². The van der Waals surface area contributed by atoms with E-state index in [1.807, 2.05) is 54.9 Å². The number of benzene rings is 1. The van der Waals surface area contributed by atoms with Crippen molar-refractivity contribution in [2.75, 3.05) is 18.4 Å². The molecule has 0 radical (unpaired) electrons. The summed E-state index contributed by atoms with van der Waals surface area (Å²) >= 11 is 1.72. The number of anilines is 1. The van der Waals surface area contributed by atoms with Gasteiger partial charge in [0.05, 0.1) is 29.3 Å². The summed E-state index contributed by atoms with van der Waals surface area (Å²) in [5.74, 6) is -0.0118. The standard InChI is InChI=1S/C20H24N4OS/c1-4-23(13-18-11-8-12-26-18)14-19(25)21-20-15(2)22-24(16(20)3)17-9-6-5-7-10-17/h5-12H,4,13-14H2,1-3H3,(H,21,25). The number of carbonyl (C=O) groups excluding carboxylic acids is 1. The molecule has 2 aromatic heterocycles. The van der Waals surface area contributed by atoms with Crippen LogP contribution >= 0.6 is 11.3 Å². The maximum absolute atomic E-state index is 12.6. The van der Waals surface area contributed by atoms with E-state index in [1.165, 1.54) is 4.88 Å². The van der Waals surface area contributed by atoms with Crippen LogP contribution in [0.15, 0.2) is 47.8 Å². The van der Waals surface area contributed by atoms with Gasteiger partial charge in [0.25, 0.3) is 0 Å². The van der Waals surface area contributed by atoms with Crippen molar-refractivity contribution in [1.82, 2.24) is 14.7 Å². The minimum absolute atomic E-state index is 0.0118. The second kappa shape index (κ2) is 8.29. The first-order chi connectivity index (χ1) is 12.6.